The van der Waals surface area contributed by atoms with Gasteiger partial charge in [-0.25, -0.2) is 0 Å². The van der Waals surface area contributed by atoms with Gasteiger partial charge in [-0.05, 0) is 18.8 Å². The third-order valence-corrected chi connectivity index (χ3v) is 3.62. The molecule has 4 heteroatoms. The Labute approximate surface area is 91.2 Å². The van der Waals surface area contributed by atoms with Gasteiger partial charge in [0.15, 0.2) is 0 Å². The normalized spacial score (nSPS) is 28.9. The lowest BCUT2D eigenvalue weighted by atomic mass is 10.0. The first kappa shape index (κ1) is 10.9. The summed E-state index contributed by atoms with van der Waals surface area (Å²) in [6, 6.07) is 0.201. The van der Waals surface area contributed by atoms with Crippen molar-refractivity contribution in [2.75, 3.05) is 26.2 Å². The van der Waals surface area contributed by atoms with Crippen molar-refractivity contribution >= 4 is 5.91 Å². The molecule has 4 nitrogen and oxygen atoms in total. The zero-order valence-electron chi connectivity index (χ0n) is 9.41. The van der Waals surface area contributed by atoms with Crippen LogP contribution in [0.1, 0.15) is 19.8 Å². The molecule has 0 aromatic rings. The molecule has 86 valence electrons. The van der Waals surface area contributed by atoms with Gasteiger partial charge >= 0.3 is 0 Å². The molecule has 0 aromatic heterocycles. The molecule has 0 spiro atoms. The maximum Gasteiger partial charge on any atom is 0.226 e. The molecule has 2 aliphatic rings. The summed E-state index contributed by atoms with van der Waals surface area (Å²) in [5.41, 5.74) is 5.69. The Kier molecular flexibility index (Phi) is 3.26. The first-order valence-corrected chi connectivity index (χ1v) is 5.95. The van der Waals surface area contributed by atoms with Gasteiger partial charge in [0, 0.05) is 32.1 Å². The van der Waals surface area contributed by atoms with E-state index in [1.165, 1.54) is 12.8 Å². The van der Waals surface area contributed by atoms with Gasteiger partial charge < -0.3 is 16.0 Å². The summed E-state index contributed by atoms with van der Waals surface area (Å²) in [7, 11) is 0. The van der Waals surface area contributed by atoms with E-state index in [2.05, 4.69) is 12.2 Å². The van der Waals surface area contributed by atoms with Crippen molar-refractivity contribution in [1.82, 2.24) is 10.2 Å². The molecular formula is C11H21N3O. The molecule has 1 saturated carbocycles. The van der Waals surface area contributed by atoms with E-state index in [1.807, 2.05) is 4.90 Å². The molecule has 1 aliphatic heterocycles. The largest absolute Gasteiger partial charge is 0.336 e. The maximum atomic E-state index is 12.2. The monoisotopic (exact) mass is 211 g/mol. The molecule has 2 unspecified atom stereocenters. The molecule has 1 aliphatic carbocycles. The highest BCUT2D eigenvalue weighted by molar-refractivity contribution is 5.79. The van der Waals surface area contributed by atoms with Crippen molar-refractivity contribution in [1.29, 1.82) is 0 Å². The van der Waals surface area contributed by atoms with Crippen LogP contribution < -0.4 is 11.1 Å². The van der Waals surface area contributed by atoms with Crippen molar-refractivity contribution in [2.45, 2.75) is 25.8 Å². The van der Waals surface area contributed by atoms with Crippen LogP contribution in [0.25, 0.3) is 0 Å². The van der Waals surface area contributed by atoms with Crippen molar-refractivity contribution in [2.24, 2.45) is 17.6 Å². The minimum Gasteiger partial charge on any atom is -0.336 e. The standard InChI is InChI=1S/C11H21N3O/c1-8(9-2-3-9)11(15)14-5-4-13-7-10(14)6-12/h8-10,13H,2-7,12H2,1H3. The number of nitrogens with zero attached hydrogens (tertiary/aromatic N) is 1. The van der Waals surface area contributed by atoms with E-state index in [0.29, 0.717) is 18.4 Å². The van der Waals surface area contributed by atoms with E-state index in [0.717, 1.165) is 19.6 Å². The number of amides is 1. The highest BCUT2D eigenvalue weighted by atomic mass is 16.2. The van der Waals surface area contributed by atoms with Crippen LogP contribution in [0.3, 0.4) is 0 Å². The second kappa shape index (κ2) is 4.49. The van der Waals surface area contributed by atoms with Crippen molar-refractivity contribution in [3.8, 4) is 0 Å². The van der Waals surface area contributed by atoms with Crippen LogP contribution in [0.2, 0.25) is 0 Å². The Morgan fingerprint density at radius 2 is 2.33 bits per heavy atom. The number of piperazine rings is 1. The first-order valence-electron chi connectivity index (χ1n) is 5.95. The highest BCUT2D eigenvalue weighted by Crippen LogP contribution is 2.37. The molecular weight excluding hydrogens is 190 g/mol. The summed E-state index contributed by atoms with van der Waals surface area (Å²) in [5, 5.41) is 3.28. The Morgan fingerprint density at radius 3 is 2.93 bits per heavy atom. The maximum absolute atomic E-state index is 12.2. The average Bonchev–Trinajstić information content (AvgIpc) is 3.11. The van der Waals surface area contributed by atoms with Gasteiger partial charge in [-0.3, -0.25) is 4.79 Å². The molecule has 2 rings (SSSR count). The van der Waals surface area contributed by atoms with Gasteiger partial charge in [-0.2, -0.15) is 0 Å². The summed E-state index contributed by atoms with van der Waals surface area (Å²) in [4.78, 5) is 14.2. The minimum absolute atomic E-state index is 0.201. The van der Waals surface area contributed by atoms with E-state index in [9.17, 15) is 4.79 Å². The van der Waals surface area contributed by atoms with Crippen LogP contribution in [0.15, 0.2) is 0 Å². The Morgan fingerprint density at radius 1 is 1.60 bits per heavy atom. The number of nitrogens with two attached hydrogens (primary N) is 1. The van der Waals surface area contributed by atoms with Crippen molar-refractivity contribution in [3.63, 3.8) is 0 Å². The fraction of sp³-hybridized carbons (Fsp3) is 0.909. The number of carbonyl (C=O) groups is 1. The smallest absolute Gasteiger partial charge is 0.226 e. The second-order valence-electron chi connectivity index (χ2n) is 4.75. The van der Waals surface area contributed by atoms with Crippen molar-refractivity contribution < 1.29 is 4.79 Å². The molecule has 1 heterocycles. The lowest BCUT2D eigenvalue weighted by Gasteiger charge is -2.37. The van der Waals surface area contributed by atoms with E-state index >= 15 is 0 Å². The molecule has 3 N–H and O–H groups in total. The summed E-state index contributed by atoms with van der Waals surface area (Å²) >= 11 is 0. The molecule has 2 fully saturated rings. The molecule has 2 atom stereocenters. The molecule has 0 bridgehead atoms. The fourth-order valence-electron chi connectivity index (χ4n) is 2.32. The van der Waals surface area contributed by atoms with Crippen LogP contribution in [-0.2, 0) is 4.79 Å². The van der Waals surface area contributed by atoms with Gasteiger partial charge in [0.2, 0.25) is 5.91 Å². The lowest BCUT2D eigenvalue weighted by molar-refractivity contribution is -0.138. The molecule has 1 amide bonds. The predicted molar refractivity (Wildman–Crippen MR) is 59.3 cm³/mol. The number of hydrogen-bond donors (Lipinski definition) is 2. The quantitative estimate of drug-likeness (QED) is 0.679. The lowest BCUT2D eigenvalue weighted by Crippen LogP contribution is -2.57. The van der Waals surface area contributed by atoms with Gasteiger partial charge in [-0.1, -0.05) is 6.92 Å². The summed E-state index contributed by atoms with van der Waals surface area (Å²) in [5.74, 6) is 1.16. The second-order valence-corrected chi connectivity index (χ2v) is 4.75. The number of nitrogens with one attached hydrogen (secondary N) is 1. The van der Waals surface area contributed by atoms with Gasteiger partial charge in [-0.15, -0.1) is 0 Å². The van der Waals surface area contributed by atoms with Gasteiger partial charge in [0.1, 0.15) is 0 Å². The third-order valence-electron chi connectivity index (χ3n) is 3.62. The van der Waals surface area contributed by atoms with Gasteiger partial charge in [0.05, 0.1) is 6.04 Å². The van der Waals surface area contributed by atoms with E-state index < -0.39 is 0 Å². The average molecular weight is 211 g/mol. The topological polar surface area (TPSA) is 58.4 Å². The van der Waals surface area contributed by atoms with Crippen LogP contribution in [0.5, 0.6) is 0 Å². The fourth-order valence-corrected chi connectivity index (χ4v) is 2.32. The summed E-state index contributed by atoms with van der Waals surface area (Å²) in [6.07, 6.45) is 2.46. The van der Waals surface area contributed by atoms with Crippen LogP contribution in [0.4, 0.5) is 0 Å². The Bertz CT molecular complexity index is 240. The zero-order valence-corrected chi connectivity index (χ0v) is 9.41. The molecule has 1 saturated heterocycles. The molecule has 0 radical (unpaired) electrons. The Hall–Kier alpha value is -0.610. The minimum atomic E-state index is 0.201. The SMILES string of the molecule is CC(C(=O)N1CCNCC1CN)C1CC1. The predicted octanol–water partition coefficient (Wildman–Crippen LogP) is -0.208. The first-order chi connectivity index (χ1) is 7.24. The number of hydrogen-bond acceptors (Lipinski definition) is 3. The highest BCUT2D eigenvalue weighted by Gasteiger charge is 2.37. The summed E-state index contributed by atoms with van der Waals surface area (Å²) in [6.45, 7) is 5.20. The Balaban J connectivity index is 1.96. The van der Waals surface area contributed by atoms with Crippen molar-refractivity contribution in [3.05, 3.63) is 0 Å². The van der Waals surface area contributed by atoms with Crippen LogP contribution >= 0.6 is 0 Å². The van der Waals surface area contributed by atoms with E-state index in [4.69, 9.17) is 5.73 Å². The summed E-state index contributed by atoms with van der Waals surface area (Å²) < 4.78 is 0. The number of rotatable bonds is 3. The van der Waals surface area contributed by atoms with Crippen LogP contribution in [-0.4, -0.2) is 43.0 Å². The van der Waals surface area contributed by atoms with E-state index in [-0.39, 0.29) is 12.0 Å². The number of carbonyl (C=O) groups excluding carboxylic acids is 1. The zero-order chi connectivity index (χ0) is 10.8. The van der Waals surface area contributed by atoms with Crippen LogP contribution in [0, 0.1) is 11.8 Å². The van der Waals surface area contributed by atoms with E-state index in [1.54, 1.807) is 0 Å². The molecule has 0 aromatic carbocycles. The molecule has 15 heavy (non-hydrogen) atoms. The third kappa shape index (κ3) is 2.32. The van der Waals surface area contributed by atoms with Gasteiger partial charge in [0.25, 0.3) is 0 Å².